The Balaban J connectivity index is 1.83. The Hall–Kier alpha value is -4.41. The smallest absolute Gasteiger partial charge is 0.264 e. The van der Waals surface area contributed by atoms with Crippen LogP contribution in [-0.2, 0) is 32.6 Å². The second-order valence-corrected chi connectivity index (χ2v) is 13.1. The Morgan fingerprint density at radius 1 is 0.913 bits per heavy atom. The molecule has 46 heavy (non-hydrogen) atoms. The number of benzene rings is 4. The minimum Gasteiger partial charge on any atom is -0.497 e. The lowest BCUT2D eigenvalue weighted by molar-refractivity contribution is -0.140. The molecule has 0 bridgehead atoms. The van der Waals surface area contributed by atoms with E-state index in [0.29, 0.717) is 17.7 Å². The van der Waals surface area contributed by atoms with Crippen molar-refractivity contribution in [1.29, 1.82) is 0 Å². The van der Waals surface area contributed by atoms with Crippen LogP contribution in [0.5, 0.6) is 5.75 Å². The highest BCUT2D eigenvalue weighted by molar-refractivity contribution is 7.92. The lowest BCUT2D eigenvalue weighted by Gasteiger charge is -2.34. The highest BCUT2D eigenvalue weighted by Crippen LogP contribution is 2.29. The van der Waals surface area contributed by atoms with E-state index in [0.717, 1.165) is 22.0 Å². The zero-order valence-corrected chi connectivity index (χ0v) is 27.5. The molecule has 0 saturated carbocycles. The quantitative estimate of drug-likeness (QED) is 0.172. The average molecular weight is 666 g/mol. The average Bonchev–Trinajstić information content (AvgIpc) is 3.07. The van der Waals surface area contributed by atoms with Gasteiger partial charge in [0.2, 0.25) is 11.8 Å². The monoisotopic (exact) mass is 665 g/mol. The molecule has 0 heterocycles. The third-order valence-corrected chi connectivity index (χ3v) is 9.64. The molecule has 0 spiro atoms. The number of nitrogens with one attached hydrogen (secondary N) is 1. The van der Waals surface area contributed by atoms with Crippen molar-refractivity contribution in [1.82, 2.24) is 10.2 Å². The van der Waals surface area contributed by atoms with Gasteiger partial charge in [-0.25, -0.2) is 12.8 Å². The van der Waals surface area contributed by atoms with Crippen molar-refractivity contribution in [2.24, 2.45) is 0 Å². The second kappa shape index (κ2) is 15.7. The summed E-state index contributed by atoms with van der Waals surface area (Å²) in [5.41, 5.74) is 1.48. The first-order valence-electron chi connectivity index (χ1n) is 14.8. The van der Waals surface area contributed by atoms with Gasteiger partial charge in [-0.1, -0.05) is 79.2 Å². The van der Waals surface area contributed by atoms with Crippen LogP contribution in [-0.4, -0.2) is 50.9 Å². The number of methoxy groups -OCH3 is 1. The maximum Gasteiger partial charge on any atom is 0.264 e. The van der Waals surface area contributed by atoms with Crippen LogP contribution >= 0.6 is 11.6 Å². The second-order valence-electron chi connectivity index (χ2n) is 10.8. The van der Waals surface area contributed by atoms with Gasteiger partial charge in [-0.05, 0) is 66.9 Å². The first-order chi connectivity index (χ1) is 22.0. The molecule has 0 aliphatic carbocycles. The predicted molar refractivity (Wildman–Crippen MR) is 178 cm³/mol. The molecule has 4 rings (SSSR count). The van der Waals surface area contributed by atoms with Crippen LogP contribution in [0.25, 0.3) is 0 Å². The summed E-state index contributed by atoms with van der Waals surface area (Å²) in [6, 6.07) is 26.3. The van der Waals surface area contributed by atoms with E-state index in [9.17, 15) is 22.4 Å². The number of halogens is 2. The number of ether oxygens (including phenoxy) is 1. The topological polar surface area (TPSA) is 96.0 Å². The first kappa shape index (κ1) is 34.5. The first-order valence-corrected chi connectivity index (χ1v) is 16.6. The van der Waals surface area contributed by atoms with E-state index in [1.807, 2.05) is 44.2 Å². The van der Waals surface area contributed by atoms with Gasteiger partial charge < -0.3 is 15.0 Å². The van der Waals surface area contributed by atoms with E-state index in [4.69, 9.17) is 16.3 Å². The van der Waals surface area contributed by atoms with Crippen LogP contribution < -0.4 is 14.4 Å². The standard InChI is InChI=1S/C35H37ClFN3O5S/c1-4-25(2)38-35(42)33(21-26-12-7-5-8-13-26)39(23-27-14-11-15-29(20-27)45-3)34(41)24-40(28-18-19-32(37)31(36)22-28)46(43,44)30-16-9-6-10-17-30/h5-20,22,25,33H,4,21,23-24H2,1-3H3,(H,38,42)/t25-,33-/m0/s1. The summed E-state index contributed by atoms with van der Waals surface area (Å²) in [4.78, 5) is 29.7. The van der Waals surface area contributed by atoms with Gasteiger partial charge in [0, 0.05) is 19.0 Å². The predicted octanol–water partition coefficient (Wildman–Crippen LogP) is 6.24. The lowest BCUT2D eigenvalue weighted by Crippen LogP contribution is -2.54. The van der Waals surface area contributed by atoms with Crippen LogP contribution in [0.4, 0.5) is 10.1 Å². The van der Waals surface area contributed by atoms with Crippen molar-refractivity contribution >= 4 is 39.1 Å². The molecular weight excluding hydrogens is 629 g/mol. The largest absolute Gasteiger partial charge is 0.497 e. The van der Waals surface area contributed by atoms with Crippen molar-refractivity contribution in [3.05, 3.63) is 125 Å². The van der Waals surface area contributed by atoms with Gasteiger partial charge in [-0.15, -0.1) is 0 Å². The normalized spacial score (nSPS) is 12.5. The Morgan fingerprint density at radius 2 is 1.57 bits per heavy atom. The fraction of sp³-hybridized carbons (Fsp3) is 0.257. The van der Waals surface area contributed by atoms with E-state index < -0.39 is 34.3 Å². The summed E-state index contributed by atoms with van der Waals surface area (Å²) in [6.45, 7) is 3.10. The van der Waals surface area contributed by atoms with E-state index in [-0.39, 0.29) is 40.5 Å². The summed E-state index contributed by atoms with van der Waals surface area (Å²) < 4.78 is 48.5. The van der Waals surface area contributed by atoms with Crippen LogP contribution in [0.3, 0.4) is 0 Å². The Labute approximate surface area is 274 Å². The van der Waals surface area contributed by atoms with Gasteiger partial charge in [0.05, 0.1) is 22.7 Å². The summed E-state index contributed by atoms with van der Waals surface area (Å²) in [7, 11) is -2.81. The number of sulfonamides is 1. The molecule has 8 nitrogen and oxygen atoms in total. The molecule has 4 aromatic carbocycles. The van der Waals surface area contributed by atoms with Crippen molar-refractivity contribution in [3.63, 3.8) is 0 Å². The number of carbonyl (C=O) groups is 2. The van der Waals surface area contributed by atoms with Gasteiger partial charge in [0.1, 0.15) is 24.2 Å². The van der Waals surface area contributed by atoms with Crippen LogP contribution in [0, 0.1) is 5.82 Å². The van der Waals surface area contributed by atoms with E-state index in [1.54, 1.807) is 42.5 Å². The number of hydrogen-bond acceptors (Lipinski definition) is 5. The van der Waals surface area contributed by atoms with Gasteiger partial charge in [-0.3, -0.25) is 13.9 Å². The molecule has 0 aliphatic heterocycles. The number of carbonyl (C=O) groups excluding carboxylic acids is 2. The number of rotatable bonds is 14. The molecular formula is C35H37ClFN3O5S. The van der Waals surface area contributed by atoms with Crippen molar-refractivity contribution < 1.29 is 27.1 Å². The minimum atomic E-state index is -4.34. The summed E-state index contributed by atoms with van der Waals surface area (Å²) in [5, 5.41) is 2.70. The molecule has 2 atom stereocenters. The number of hydrogen-bond donors (Lipinski definition) is 1. The van der Waals surface area contributed by atoms with Gasteiger partial charge in [0.15, 0.2) is 0 Å². The van der Waals surface area contributed by atoms with Gasteiger partial charge >= 0.3 is 0 Å². The van der Waals surface area contributed by atoms with Crippen molar-refractivity contribution in [3.8, 4) is 5.75 Å². The molecule has 4 aromatic rings. The molecule has 11 heteroatoms. The zero-order chi connectivity index (χ0) is 33.3. The fourth-order valence-corrected chi connectivity index (χ4v) is 6.45. The van der Waals surface area contributed by atoms with Crippen LogP contribution in [0.1, 0.15) is 31.4 Å². The summed E-state index contributed by atoms with van der Waals surface area (Å²) in [6.07, 6.45) is 0.842. The molecule has 0 fully saturated rings. The van der Waals surface area contributed by atoms with Gasteiger partial charge in [0.25, 0.3) is 10.0 Å². The Bertz CT molecular complexity index is 1740. The molecule has 1 N–H and O–H groups in total. The number of amides is 2. The highest BCUT2D eigenvalue weighted by atomic mass is 35.5. The van der Waals surface area contributed by atoms with Crippen molar-refractivity contribution in [2.75, 3.05) is 18.0 Å². The fourth-order valence-electron chi connectivity index (χ4n) is 4.85. The van der Waals surface area contributed by atoms with E-state index in [2.05, 4.69) is 5.32 Å². The Morgan fingerprint density at radius 3 is 2.20 bits per heavy atom. The maximum absolute atomic E-state index is 14.5. The molecule has 0 unspecified atom stereocenters. The molecule has 2 amide bonds. The molecule has 0 saturated heterocycles. The van der Waals surface area contributed by atoms with Crippen molar-refractivity contribution in [2.45, 2.75) is 50.2 Å². The maximum atomic E-state index is 14.5. The zero-order valence-electron chi connectivity index (χ0n) is 25.9. The summed E-state index contributed by atoms with van der Waals surface area (Å²) >= 11 is 6.08. The third-order valence-electron chi connectivity index (χ3n) is 7.56. The SMILES string of the molecule is CC[C@H](C)NC(=O)[C@H](Cc1ccccc1)N(Cc1cccc(OC)c1)C(=O)CN(c1ccc(F)c(Cl)c1)S(=O)(=O)c1ccccc1. The van der Waals surface area contributed by atoms with Crippen LogP contribution in [0.2, 0.25) is 5.02 Å². The molecule has 0 radical (unpaired) electrons. The van der Waals surface area contributed by atoms with E-state index >= 15 is 0 Å². The minimum absolute atomic E-state index is 0.00593. The molecule has 0 aromatic heterocycles. The number of nitrogens with zero attached hydrogens (tertiary/aromatic N) is 2. The summed E-state index contributed by atoms with van der Waals surface area (Å²) in [5.74, 6) is -1.21. The highest BCUT2D eigenvalue weighted by Gasteiger charge is 2.35. The lowest BCUT2D eigenvalue weighted by atomic mass is 10.0. The number of anilines is 1. The van der Waals surface area contributed by atoms with E-state index in [1.165, 1.54) is 30.2 Å². The molecule has 0 aliphatic rings. The van der Waals surface area contributed by atoms with Crippen LogP contribution in [0.15, 0.2) is 108 Å². The van der Waals surface area contributed by atoms with Gasteiger partial charge in [-0.2, -0.15) is 0 Å². The third kappa shape index (κ3) is 8.64. The molecule has 242 valence electrons. The Kier molecular flexibility index (Phi) is 11.8.